The van der Waals surface area contributed by atoms with Crippen LogP contribution in [0.25, 0.3) is 0 Å². The van der Waals surface area contributed by atoms with Crippen molar-refractivity contribution in [3.05, 3.63) is 0 Å². The molecule has 0 amide bonds. The molecule has 0 aromatic heterocycles. The largest absolute Gasteiger partial charge is 0.466 e. The lowest BCUT2D eigenvalue weighted by molar-refractivity contribution is -0.157. The number of esters is 1. The Labute approximate surface area is 115 Å². The lowest BCUT2D eigenvalue weighted by atomic mass is 9.76. The normalized spacial score (nSPS) is 14.4. The van der Waals surface area contributed by atoms with Crippen LogP contribution in [0.2, 0.25) is 0 Å². The zero-order chi connectivity index (χ0) is 13.1. The highest BCUT2D eigenvalue weighted by molar-refractivity contribution is 9.09. The summed E-state index contributed by atoms with van der Waals surface area (Å²) >= 11 is 3.44. The van der Waals surface area contributed by atoms with Gasteiger partial charge in [-0.05, 0) is 32.6 Å². The van der Waals surface area contributed by atoms with Crippen molar-refractivity contribution in [1.29, 1.82) is 0 Å². The molecule has 0 saturated heterocycles. The zero-order valence-electron chi connectivity index (χ0n) is 11.6. The van der Waals surface area contributed by atoms with Crippen LogP contribution in [0.15, 0.2) is 0 Å². The summed E-state index contributed by atoms with van der Waals surface area (Å²) in [5, 5.41) is 1.02. The molecule has 0 aliphatic carbocycles. The zero-order valence-corrected chi connectivity index (χ0v) is 13.1. The maximum Gasteiger partial charge on any atom is 0.312 e. The number of hydrogen-bond donors (Lipinski definition) is 0. The molecule has 0 saturated carbocycles. The molecule has 0 N–H and O–H groups in total. The number of carbonyl (C=O) groups excluding carboxylic acids is 1. The van der Waals surface area contributed by atoms with Gasteiger partial charge in [0.2, 0.25) is 0 Å². The molecule has 0 aromatic carbocycles. The van der Waals surface area contributed by atoms with E-state index in [-0.39, 0.29) is 11.4 Å². The highest BCUT2D eigenvalue weighted by Gasteiger charge is 2.36. The van der Waals surface area contributed by atoms with E-state index in [1.54, 1.807) is 0 Å². The summed E-state index contributed by atoms with van der Waals surface area (Å²) in [4.78, 5) is 12.2. The summed E-state index contributed by atoms with van der Waals surface area (Å²) in [5.74, 6) is 0.0190. The van der Waals surface area contributed by atoms with Gasteiger partial charge in [-0.2, -0.15) is 0 Å². The number of unbranched alkanes of at least 4 members (excludes halogenated alkanes) is 2. The third-order valence-corrected chi connectivity index (χ3v) is 3.99. The maximum absolute atomic E-state index is 12.2. The van der Waals surface area contributed by atoms with Gasteiger partial charge < -0.3 is 4.74 Å². The van der Waals surface area contributed by atoms with Gasteiger partial charge in [-0.1, -0.05) is 49.0 Å². The summed E-state index contributed by atoms with van der Waals surface area (Å²) < 4.78 is 5.28. The Morgan fingerprint density at radius 3 is 2.24 bits per heavy atom. The number of ether oxygens (including phenoxy) is 1. The van der Waals surface area contributed by atoms with Crippen molar-refractivity contribution in [2.75, 3.05) is 11.9 Å². The molecule has 0 aliphatic rings. The predicted molar refractivity (Wildman–Crippen MR) is 76.5 cm³/mol. The molecule has 0 radical (unpaired) electrons. The number of halogens is 1. The van der Waals surface area contributed by atoms with E-state index < -0.39 is 0 Å². The molecule has 2 nitrogen and oxygen atoms in total. The number of rotatable bonds is 10. The average Bonchev–Trinajstić information content (AvgIpc) is 2.34. The first kappa shape index (κ1) is 16.9. The van der Waals surface area contributed by atoms with E-state index in [1.807, 2.05) is 6.92 Å². The summed E-state index contributed by atoms with van der Waals surface area (Å²) in [7, 11) is 0. The van der Waals surface area contributed by atoms with Gasteiger partial charge in [0.15, 0.2) is 0 Å². The third-order valence-electron chi connectivity index (χ3n) is 3.43. The summed E-state index contributed by atoms with van der Waals surface area (Å²) in [6.07, 6.45) is 7.32. The molecule has 3 heteroatoms. The molecule has 0 aliphatic heterocycles. The van der Waals surface area contributed by atoms with Gasteiger partial charge in [0.1, 0.15) is 0 Å². The first-order valence-electron chi connectivity index (χ1n) is 6.90. The van der Waals surface area contributed by atoms with Gasteiger partial charge in [-0.15, -0.1) is 0 Å². The Morgan fingerprint density at radius 1 is 1.12 bits per heavy atom. The minimum Gasteiger partial charge on any atom is -0.466 e. The molecule has 0 heterocycles. The standard InChI is InChI=1S/C14H27BrO2/c1-4-7-10-14(5-2,11-8-9-12-15)13(16)17-6-3/h4-12H2,1-3H3. The van der Waals surface area contributed by atoms with Gasteiger partial charge >= 0.3 is 5.97 Å². The highest BCUT2D eigenvalue weighted by atomic mass is 79.9. The van der Waals surface area contributed by atoms with Crippen LogP contribution in [0.1, 0.15) is 65.7 Å². The van der Waals surface area contributed by atoms with E-state index in [9.17, 15) is 4.79 Å². The second-order valence-electron chi connectivity index (χ2n) is 4.60. The lowest BCUT2D eigenvalue weighted by Crippen LogP contribution is -2.32. The first-order valence-corrected chi connectivity index (χ1v) is 8.02. The van der Waals surface area contributed by atoms with Crippen LogP contribution in [0.4, 0.5) is 0 Å². The first-order chi connectivity index (χ1) is 8.16. The third kappa shape index (κ3) is 5.89. The van der Waals surface area contributed by atoms with Crippen molar-refractivity contribution in [2.24, 2.45) is 5.41 Å². The molecule has 1 atom stereocenters. The lowest BCUT2D eigenvalue weighted by Gasteiger charge is -2.30. The van der Waals surface area contributed by atoms with Crippen LogP contribution in [0.3, 0.4) is 0 Å². The van der Waals surface area contributed by atoms with E-state index in [2.05, 4.69) is 29.8 Å². The molecule has 1 unspecified atom stereocenters. The fourth-order valence-corrected chi connectivity index (χ4v) is 2.58. The van der Waals surface area contributed by atoms with Crippen molar-refractivity contribution in [3.63, 3.8) is 0 Å². The van der Waals surface area contributed by atoms with Crippen LogP contribution >= 0.6 is 15.9 Å². The predicted octanol–water partition coefficient (Wildman–Crippen LogP) is 4.70. The van der Waals surface area contributed by atoms with Gasteiger partial charge in [0.05, 0.1) is 12.0 Å². The van der Waals surface area contributed by atoms with Crippen molar-refractivity contribution >= 4 is 21.9 Å². The van der Waals surface area contributed by atoms with E-state index in [1.165, 1.54) is 0 Å². The van der Waals surface area contributed by atoms with Crippen LogP contribution < -0.4 is 0 Å². The summed E-state index contributed by atoms with van der Waals surface area (Å²) in [5.41, 5.74) is -0.228. The minimum atomic E-state index is -0.228. The van der Waals surface area contributed by atoms with Gasteiger partial charge in [0.25, 0.3) is 0 Å². The maximum atomic E-state index is 12.2. The fraction of sp³-hybridized carbons (Fsp3) is 0.929. The Morgan fingerprint density at radius 2 is 1.76 bits per heavy atom. The molecule has 0 bridgehead atoms. The topological polar surface area (TPSA) is 26.3 Å². The Balaban J connectivity index is 4.54. The van der Waals surface area contributed by atoms with Gasteiger partial charge in [-0.25, -0.2) is 0 Å². The second kappa shape index (κ2) is 9.93. The molecular formula is C14H27BrO2. The number of carbonyl (C=O) groups is 1. The van der Waals surface area contributed by atoms with Crippen molar-refractivity contribution in [3.8, 4) is 0 Å². The van der Waals surface area contributed by atoms with Crippen LogP contribution in [0.5, 0.6) is 0 Å². The summed E-state index contributed by atoms with van der Waals surface area (Å²) in [6.45, 7) is 6.66. The highest BCUT2D eigenvalue weighted by Crippen LogP contribution is 2.36. The van der Waals surface area contributed by atoms with Crippen molar-refractivity contribution in [1.82, 2.24) is 0 Å². The van der Waals surface area contributed by atoms with Gasteiger partial charge in [-0.3, -0.25) is 4.79 Å². The minimum absolute atomic E-state index is 0.0190. The van der Waals surface area contributed by atoms with Crippen LogP contribution in [-0.4, -0.2) is 17.9 Å². The molecule has 0 fully saturated rings. The van der Waals surface area contributed by atoms with Crippen LogP contribution in [0, 0.1) is 5.41 Å². The molecule has 17 heavy (non-hydrogen) atoms. The average molecular weight is 307 g/mol. The smallest absolute Gasteiger partial charge is 0.312 e. The quantitative estimate of drug-likeness (QED) is 0.332. The second-order valence-corrected chi connectivity index (χ2v) is 5.40. The molecule has 0 rings (SSSR count). The van der Waals surface area contributed by atoms with E-state index in [0.717, 1.165) is 50.3 Å². The molecule has 0 aromatic rings. The molecular weight excluding hydrogens is 280 g/mol. The Kier molecular flexibility index (Phi) is 9.90. The van der Waals surface area contributed by atoms with Gasteiger partial charge in [0, 0.05) is 5.33 Å². The molecule has 102 valence electrons. The van der Waals surface area contributed by atoms with E-state index in [0.29, 0.717) is 6.61 Å². The monoisotopic (exact) mass is 306 g/mol. The number of hydrogen-bond acceptors (Lipinski definition) is 2. The van der Waals surface area contributed by atoms with Crippen LogP contribution in [-0.2, 0) is 9.53 Å². The SMILES string of the molecule is CCCCC(CC)(CCCCBr)C(=O)OCC. The molecule has 0 spiro atoms. The summed E-state index contributed by atoms with van der Waals surface area (Å²) in [6, 6.07) is 0. The van der Waals surface area contributed by atoms with Crippen molar-refractivity contribution < 1.29 is 9.53 Å². The Bertz CT molecular complexity index is 206. The number of alkyl halides is 1. The Hall–Kier alpha value is -0.0500. The van der Waals surface area contributed by atoms with E-state index >= 15 is 0 Å². The van der Waals surface area contributed by atoms with Crippen molar-refractivity contribution in [2.45, 2.75) is 65.7 Å². The van der Waals surface area contributed by atoms with E-state index in [4.69, 9.17) is 4.74 Å². The fourth-order valence-electron chi connectivity index (χ4n) is 2.18.